The lowest BCUT2D eigenvalue weighted by molar-refractivity contribution is 0.102. The third-order valence-electron chi connectivity index (χ3n) is 3.57. The van der Waals surface area contributed by atoms with Crippen molar-refractivity contribution in [1.82, 2.24) is 9.78 Å². The number of benzene rings is 2. The molecular formula is C19H18ClN3O3. The first-order valence-electron chi connectivity index (χ1n) is 7.99. The van der Waals surface area contributed by atoms with E-state index in [0.29, 0.717) is 35.2 Å². The van der Waals surface area contributed by atoms with Gasteiger partial charge < -0.3 is 14.8 Å². The maximum atomic E-state index is 12.4. The van der Waals surface area contributed by atoms with Crippen molar-refractivity contribution >= 4 is 23.2 Å². The SMILES string of the molecule is COCCOc1cccc(NC(=O)c2cnn(-c3cccc(Cl)c3)c2)c1. The van der Waals surface area contributed by atoms with Crippen LogP contribution < -0.4 is 10.1 Å². The molecule has 0 atom stereocenters. The molecule has 0 saturated heterocycles. The minimum Gasteiger partial charge on any atom is -0.491 e. The Labute approximate surface area is 156 Å². The zero-order chi connectivity index (χ0) is 18.4. The average Bonchev–Trinajstić information content (AvgIpc) is 3.13. The highest BCUT2D eigenvalue weighted by molar-refractivity contribution is 6.30. The fourth-order valence-electron chi connectivity index (χ4n) is 2.31. The third kappa shape index (κ3) is 4.62. The van der Waals surface area contributed by atoms with Crippen LogP contribution in [0.4, 0.5) is 5.69 Å². The normalized spacial score (nSPS) is 10.5. The maximum absolute atomic E-state index is 12.4. The van der Waals surface area contributed by atoms with Crippen LogP contribution >= 0.6 is 11.6 Å². The molecule has 2 aromatic carbocycles. The second-order valence-corrected chi connectivity index (χ2v) is 5.91. The Hall–Kier alpha value is -2.83. The monoisotopic (exact) mass is 371 g/mol. The van der Waals surface area contributed by atoms with E-state index in [2.05, 4.69) is 10.4 Å². The van der Waals surface area contributed by atoms with Gasteiger partial charge in [0.1, 0.15) is 12.4 Å². The number of halogens is 1. The number of carbonyl (C=O) groups is 1. The van der Waals surface area contributed by atoms with E-state index in [-0.39, 0.29) is 5.91 Å². The predicted molar refractivity (Wildman–Crippen MR) is 100 cm³/mol. The van der Waals surface area contributed by atoms with Gasteiger partial charge in [-0.2, -0.15) is 5.10 Å². The summed E-state index contributed by atoms with van der Waals surface area (Å²) in [4.78, 5) is 12.4. The summed E-state index contributed by atoms with van der Waals surface area (Å²) in [7, 11) is 1.61. The number of carbonyl (C=O) groups excluding carboxylic acids is 1. The van der Waals surface area contributed by atoms with Gasteiger partial charge in [0.25, 0.3) is 5.91 Å². The molecule has 0 spiro atoms. The van der Waals surface area contributed by atoms with Crippen molar-refractivity contribution in [3.05, 3.63) is 71.5 Å². The van der Waals surface area contributed by atoms with Crippen LogP contribution in [0, 0.1) is 0 Å². The lowest BCUT2D eigenvalue weighted by Gasteiger charge is -2.08. The van der Waals surface area contributed by atoms with Gasteiger partial charge in [-0.3, -0.25) is 4.79 Å². The number of amides is 1. The van der Waals surface area contributed by atoms with Gasteiger partial charge in [-0.15, -0.1) is 0 Å². The number of aromatic nitrogens is 2. The molecule has 0 bridgehead atoms. The molecule has 0 aliphatic rings. The van der Waals surface area contributed by atoms with E-state index < -0.39 is 0 Å². The van der Waals surface area contributed by atoms with Crippen molar-refractivity contribution in [2.45, 2.75) is 0 Å². The summed E-state index contributed by atoms with van der Waals surface area (Å²) in [5, 5.41) is 7.66. The van der Waals surface area contributed by atoms with Crippen LogP contribution in [0.1, 0.15) is 10.4 Å². The van der Waals surface area contributed by atoms with Crippen LogP contribution in [0.2, 0.25) is 5.02 Å². The van der Waals surface area contributed by atoms with E-state index in [1.165, 1.54) is 6.20 Å². The van der Waals surface area contributed by atoms with E-state index in [1.54, 1.807) is 42.3 Å². The van der Waals surface area contributed by atoms with Gasteiger partial charge in [0.2, 0.25) is 0 Å². The number of nitrogens with one attached hydrogen (secondary N) is 1. The molecule has 1 N–H and O–H groups in total. The number of ether oxygens (including phenoxy) is 2. The summed E-state index contributed by atoms with van der Waals surface area (Å²) in [6.07, 6.45) is 3.16. The molecule has 6 nitrogen and oxygen atoms in total. The second-order valence-electron chi connectivity index (χ2n) is 5.48. The molecule has 0 fully saturated rings. The molecule has 3 rings (SSSR count). The van der Waals surface area contributed by atoms with Gasteiger partial charge in [-0.1, -0.05) is 23.7 Å². The van der Waals surface area contributed by atoms with E-state index in [4.69, 9.17) is 21.1 Å². The minimum atomic E-state index is -0.257. The van der Waals surface area contributed by atoms with Crippen molar-refractivity contribution in [2.24, 2.45) is 0 Å². The van der Waals surface area contributed by atoms with Crippen molar-refractivity contribution in [3.63, 3.8) is 0 Å². The fourth-order valence-corrected chi connectivity index (χ4v) is 2.49. The smallest absolute Gasteiger partial charge is 0.258 e. The summed E-state index contributed by atoms with van der Waals surface area (Å²) >= 11 is 5.99. The maximum Gasteiger partial charge on any atom is 0.258 e. The lowest BCUT2D eigenvalue weighted by Crippen LogP contribution is -2.11. The molecular weight excluding hydrogens is 354 g/mol. The second kappa shape index (κ2) is 8.51. The number of hydrogen-bond donors (Lipinski definition) is 1. The summed E-state index contributed by atoms with van der Waals surface area (Å²) in [5.41, 5.74) is 1.86. The van der Waals surface area contributed by atoms with Gasteiger partial charge in [-0.25, -0.2) is 4.68 Å². The molecule has 134 valence electrons. The van der Waals surface area contributed by atoms with E-state index in [0.717, 1.165) is 5.69 Å². The molecule has 0 saturated carbocycles. The fraction of sp³-hybridized carbons (Fsp3) is 0.158. The third-order valence-corrected chi connectivity index (χ3v) is 3.80. The van der Waals surface area contributed by atoms with Crippen LogP contribution in [0.25, 0.3) is 5.69 Å². The summed E-state index contributed by atoms with van der Waals surface area (Å²) in [6.45, 7) is 0.944. The predicted octanol–water partition coefficient (Wildman–Crippen LogP) is 3.80. The molecule has 0 aliphatic heterocycles. The number of anilines is 1. The van der Waals surface area contributed by atoms with Crippen molar-refractivity contribution in [2.75, 3.05) is 25.6 Å². The summed E-state index contributed by atoms with van der Waals surface area (Å²) < 4.78 is 12.1. The Morgan fingerprint density at radius 2 is 2.04 bits per heavy atom. The number of rotatable bonds is 7. The van der Waals surface area contributed by atoms with Crippen LogP contribution in [0.5, 0.6) is 5.75 Å². The molecule has 1 aromatic heterocycles. The van der Waals surface area contributed by atoms with Gasteiger partial charge in [0.15, 0.2) is 0 Å². The molecule has 26 heavy (non-hydrogen) atoms. The van der Waals surface area contributed by atoms with Gasteiger partial charge >= 0.3 is 0 Å². The standard InChI is InChI=1S/C19H18ClN3O3/c1-25-8-9-26-18-7-3-5-16(11-18)22-19(24)14-12-21-23(13-14)17-6-2-4-15(20)10-17/h2-7,10-13H,8-9H2,1H3,(H,22,24). The Bertz CT molecular complexity index is 895. The quantitative estimate of drug-likeness (QED) is 0.641. The van der Waals surface area contributed by atoms with E-state index in [9.17, 15) is 4.79 Å². The average molecular weight is 372 g/mol. The van der Waals surface area contributed by atoms with Crippen molar-refractivity contribution in [3.8, 4) is 11.4 Å². The lowest BCUT2D eigenvalue weighted by atomic mass is 10.2. The molecule has 0 unspecified atom stereocenters. The topological polar surface area (TPSA) is 65.4 Å². The first-order chi connectivity index (χ1) is 12.7. The van der Waals surface area contributed by atoms with Gasteiger partial charge in [-0.05, 0) is 30.3 Å². The molecule has 3 aromatic rings. The highest BCUT2D eigenvalue weighted by Gasteiger charge is 2.10. The van der Waals surface area contributed by atoms with Gasteiger partial charge in [0, 0.05) is 30.1 Å². The number of methoxy groups -OCH3 is 1. The molecule has 1 amide bonds. The van der Waals surface area contributed by atoms with Crippen molar-refractivity contribution < 1.29 is 14.3 Å². The zero-order valence-electron chi connectivity index (χ0n) is 14.2. The number of hydrogen-bond acceptors (Lipinski definition) is 4. The highest BCUT2D eigenvalue weighted by Crippen LogP contribution is 2.19. The largest absolute Gasteiger partial charge is 0.491 e. The van der Waals surface area contributed by atoms with E-state index in [1.807, 2.05) is 24.3 Å². The first kappa shape index (κ1) is 18.0. The molecule has 0 aliphatic carbocycles. The Kier molecular flexibility index (Phi) is 5.88. The van der Waals surface area contributed by atoms with E-state index >= 15 is 0 Å². The first-order valence-corrected chi connectivity index (χ1v) is 8.37. The van der Waals surface area contributed by atoms with Crippen LogP contribution in [0.3, 0.4) is 0 Å². The Morgan fingerprint density at radius 3 is 2.85 bits per heavy atom. The Balaban J connectivity index is 1.68. The van der Waals surface area contributed by atoms with Crippen LogP contribution in [-0.2, 0) is 4.74 Å². The highest BCUT2D eigenvalue weighted by atomic mass is 35.5. The van der Waals surface area contributed by atoms with Crippen molar-refractivity contribution in [1.29, 1.82) is 0 Å². The molecule has 0 radical (unpaired) electrons. The summed E-state index contributed by atoms with van der Waals surface area (Å²) in [5.74, 6) is 0.404. The van der Waals surface area contributed by atoms with Crippen LogP contribution in [0.15, 0.2) is 60.9 Å². The summed E-state index contributed by atoms with van der Waals surface area (Å²) in [6, 6.07) is 14.4. The molecule has 1 heterocycles. The minimum absolute atomic E-state index is 0.257. The number of nitrogens with zero attached hydrogens (tertiary/aromatic N) is 2. The van der Waals surface area contributed by atoms with Crippen LogP contribution in [-0.4, -0.2) is 36.0 Å². The zero-order valence-corrected chi connectivity index (χ0v) is 14.9. The van der Waals surface area contributed by atoms with Gasteiger partial charge in [0.05, 0.1) is 24.1 Å². The Morgan fingerprint density at radius 1 is 1.19 bits per heavy atom. The molecule has 7 heteroatoms.